The zero-order valence-electron chi connectivity index (χ0n) is 12.1. The summed E-state index contributed by atoms with van der Waals surface area (Å²) in [5.41, 5.74) is 5.87. The Labute approximate surface area is 120 Å². The van der Waals surface area contributed by atoms with Crippen LogP contribution in [0, 0.1) is 0 Å². The molecule has 0 radical (unpaired) electrons. The third-order valence-electron chi connectivity index (χ3n) is 3.77. The van der Waals surface area contributed by atoms with Crippen molar-refractivity contribution in [3.05, 3.63) is 23.7 Å². The summed E-state index contributed by atoms with van der Waals surface area (Å²) in [4.78, 5) is 2.19. The minimum Gasteiger partial charge on any atom is -0.464 e. The molecule has 0 aromatic carbocycles. The van der Waals surface area contributed by atoms with E-state index in [2.05, 4.69) is 4.90 Å². The van der Waals surface area contributed by atoms with E-state index in [1.165, 1.54) is 10.6 Å². The lowest BCUT2D eigenvalue weighted by atomic mass is 10.1. The minimum absolute atomic E-state index is 0.0250. The fraction of sp³-hybridized carbons (Fsp3) is 0.692. The van der Waals surface area contributed by atoms with Gasteiger partial charge in [-0.1, -0.05) is 6.92 Å². The second-order valence-corrected chi connectivity index (χ2v) is 7.09. The Morgan fingerprint density at radius 3 is 2.40 bits per heavy atom. The molecule has 0 saturated carbocycles. The first kappa shape index (κ1) is 15.5. The number of nitrogens with zero attached hydrogens (tertiary/aromatic N) is 2. The molecule has 2 heterocycles. The van der Waals surface area contributed by atoms with Crippen LogP contribution in [0.15, 0.2) is 16.5 Å². The molecule has 1 saturated heterocycles. The zero-order chi connectivity index (χ0) is 14.8. The van der Waals surface area contributed by atoms with Gasteiger partial charge in [0.1, 0.15) is 11.5 Å². The number of furan rings is 1. The molecule has 2 N–H and O–H groups in total. The quantitative estimate of drug-likeness (QED) is 0.852. The number of sulfonamides is 1. The topological polar surface area (TPSA) is 79.8 Å². The van der Waals surface area contributed by atoms with Gasteiger partial charge in [-0.3, -0.25) is 4.90 Å². The highest BCUT2D eigenvalue weighted by Gasteiger charge is 2.29. The molecule has 0 aliphatic carbocycles. The number of aryl methyl sites for hydroxylation is 1. The van der Waals surface area contributed by atoms with Gasteiger partial charge in [-0.15, -0.1) is 0 Å². The van der Waals surface area contributed by atoms with E-state index in [-0.39, 0.29) is 6.04 Å². The molecular formula is C13H23N3O3S. The molecular weight excluding hydrogens is 278 g/mol. The molecule has 0 spiro atoms. The molecule has 1 atom stereocenters. The number of piperazine rings is 1. The molecule has 1 aliphatic rings. The van der Waals surface area contributed by atoms with Gasteiger partial charge in [-0.25, -0.2) is 8.42 Å². The second-order valence-electron chi connectivity index (χ2n) is 5.11. The highest BCUT2D eigenvalue weighted by atomic mass is 32.2. The van der Waals surface area contributed by atoms with E-state index in [1.54, 1.807) is 0 Å². The Hall–Kier alpha value is -0.890. The van der Waals surface area contributed by atoms with Gasteiger partial charge in [0.15, 0.2) is 0 Å². The predicted molar refractivity (Wildman–Crippen MR) is 77.9 cm³/mol. The van der Waals surface area contributed by atoms with Gasteiger partial charge in [0, 0.05) is 39.1 Å². The lowest BCUT2D eigenvalue weighted by Gasteiger charge is -2.37. The maximum atomic E-state index is 11.5. The summed E-state index contributed by atoms with van der Waals surface area (Å²) in [7, 11) is -3.09. The van der Waals surface area contributed by atoms with Crippen molar-refractivity contribution in [2.24, 2.45) is 5.73 Å². The number of rotatable bonds is 5. The molecule has 1 aromatic rings. The van der Waals surface area contributed by atoms with Gasteiger partial charge in [0.25, 0.3) is 0 Å². The van der Waals surface area contributed by atoms with Crippen LogP contribution in [-0.4, -0.2) is 56.6 Å². The lowest BCUT2D eigenvalue weighted by molar-refractivity contribution is 0.126. The summed E-state index contributed by atoms with van der Waals surface area (Å²) in [5, 5.41) is 0. The molecule has 2 rings (SSSR count). The van der Waals surface area contributed by atoms with E-state index in [1.807, 2.05) is 19.1 Å². The van der Waals surface area contributed by atoms with Gasteiger partial charge in [-0.2, -0.15) is 4.31 Å². The number of hydrogen-bond acceptors (Lipinski definition) is 5. The SMILES string of the molecule is CCc1ccc(C(CN)N2CCN(S(C)(=O)=O)CC2)o1. The van der Waals surface area contributed by atoms with E-state index in [9.17, 15) is 8.42 Å². The van der Waals surface area contributed by atoms with Crippen LogP contribution < -0.4 is 5.73 Å². The maximum absolute atomic E-state index is 11.5. The average Bonchev–Trinajstić information content (AvgIpc) is 2.88. The Morgan fingerprint density at radius 1 is 1.30 bits per heavy atom. The fourth-order valence-corrected chi connectivity index (χ4v) is 3.38. The van der Waals surface area contributed by atoms with E-state index >= 15 is 0 Å². The normalized spacial score (nSPS) is 20.1. The van der Waals surface area contributed by atoms with Crippen molar-refractivity contribution in [2.45, 2.75) is 19.4 Å². The van der Waals surface area contributed by atoms with Crippen molar-refractivity contribution in [1.29, 1.82) is 0 Å². The van der Waals surface area contributed by atoms with E-state index in [0.717, 1.165) is 17.9 Å². The summed E-state index contributed by atoms with van der Waals surface area (Å²) in [6.07, 6.45) is 2.11. The average molecular weight is 301 g/mol. The first-order valence-electron chi connectivity index (χ1n) is 6.93. The molecule has 114 valence electrons. The molecule has 6 nitrogen and oxygen atoms in total. The second kappa shape index (κ2) is 6.26. The highest BCUT2D eigenvalue weighted by Crippen LogP contribution is 2.24. The molecule has 0 bridgehead atoms. The van der Waals surface area contributed by atoms with Crippen LogP contribution in [-0.2, 0) is 16.4 Å². The third kappa shape index (κ3) is 3.41. The molecule has 1 aromatic heterocycles. The zero-order valence-corrected chi connectivity index (χ0v) is 12.9. The van der Waals surface area contributed by atoms with Crippen LogP contribution in [0.25, 0.3) is 0 Å². The summed E-state index contributed by atoms with van der Waals surface area (Å²) in [6.45, 7) is 4.89. The summed E-state index contributed by atoms with van der Waals surface area (Å²) >= 11 is 0. The van der Waals surface area contributed by atoms with Gasteiger partial charge < -0.3 is 10.2 Å². The van der Waals surface area contributed by atoms with Gasteiger partial charge in [0.05, 0.1) is 12.3 Å². The molecule has 0 amide bonds. The Balaban J connectivity index is 2.03. The van der Waals surface area contributed by atoms with Crippen LogP contribution in [0.5, 0.6) is 0 Å². The van der Waals surface area contributed by atoms with E-state index < -0.39 is 10.0 Å². The summed E-state index contributed by atoms with van der Waals surface area (Å²) in [6, 6.07) is 3.97. The molecule has 20 heavy (non-hydrogen) atoms. The standard InChI is InChI=1S/C13H23N3O3S/c1-3-11-4-5-13(19-11)12(10-14)15-6-8-16(9-7-15)20(2,17)18/h4-5,12H,3,6-10,14H2,1-2H3. The highest BCUT2D eigenvalue weighted by molar-refractivity contribution is 7.88. The summed E-state index contributed by atoms with van der Waals surface area (Å²) < 4.78 is 30.3. The van der Waals surface area contributed by atoms with E-state index in [0.29, 0.717) is 32.7 Å². The lowest BCUT2D eigenvalue weighted by Crippen LogP contribution is -2.50. The Kier molecular flexibility index (Phi) is 4.85. The van der Waals surface area contributed by atoms with Gasteiger partial charge >= 0.3 is 0 Å². The van der Waals surface area contributed by atoms with Crippen LogP contribution in [0.4, 0.5) is 0 Å². The third-order valence-corrected chi connectivity index (χ3v) is 5.07. The molecule has 7 heteroatoms. The first-order chi connectivity index (χ1) is 9.45. The number of nitrogens with two attached hydrogens (primary N) is 1. The maximum Gasteiger partial charge on any atom is 0.211 e. The molecule has 1 fully saturated rings. The predicted octanol–water partition coefficient (Wildman–Crippen LogP) is 0.419. The van der Waals surface area contributed by atoms with E-state index in [4.69, 9.17) is 10.2 Å². The smallest absolute Gasteiger partial charge is 0.211 e. The van der Waals surface area contributed by atoms with Crippen LogP contribution >= 0.6 is 0 Å². The monoisotopic (exact) mass is 301 g/mol. The van der Waals surface area contributed by atoms with Crippen molar-refractivity contribution >= 4 is 10.0 Å². The van der Waals surface area contributed by atoms with Crippen molar-refractivity contribution in [3.63, 3.8) is 0 Å². The van der Waals surface area contributed by atoms with Gasteiger partial charge in [0.2, 0.25) is 10.0 Å². The molecule has 1 aliphatic heterocycles. The van der Waals surface area contributed by atoms with Crippen molar-refractivity contribution in [1.82, 2.24) is 9.21 Å². The molecule has 1 unspecified atom stereocenters. The Bertz CT molecular complexity index is 533. The van der Waals surface area contributed by atoms with Crippen molar-refractivity contribution in [3.8, 4) is 0 Å². The Morgan fingerprint density at radius 2 is 1.95 bits per heavy atom. The summed E-state index contributed by atoms with van der Waals surface area (Å²) in [5.74, 6) is 1.82. The first-order valence-corrected chi connectivity index (χ1v) is 8.78. The minimum atomic E-state index is -3.09. The fourth-order valence-electron chi connectivity index (χ4n) is 2.56. The van der Waals surface area contributed by atoms with Gasteiger partial charge in [-0.05, 0) is 12.1 Å². The van der Waals surface area contributed by atoms with Crippen molar-refractivity contribution < 1.29 is 12.8 Å². The van der Waals surface area contributed by atoms with Crippen LogP contribution in [0.2, 0.25) is 0 Å². The van der Waals surface area contributed by atoms with Crippen molar-refractivity contribution in [2.75, 3.05) is 39.0 Å². The number of hydrogen-bond donors (Lipinski definition) is 1. The largest absolute Gasteiger partial charge is 0.464 e. The van der Waals surface area contributed by atoms with Crippen LogP contribution in [0.1, 0.15) is 24.5 Å². The van der Waals surface area contributed by atoms with Crippen LogP contribution in [0.3, 0.4) is 0 Å².